The van der Waals surface area contributed by atoms with Gasteiger partial charge in [0, 0.05) is 12.1 Å². The zero-order valence-corrected chi connectivity index (χ0v) is 5.79. The van der Waals surface area contributed by atoms with Crippen LogP contribution in [0.15, 0.2) is 24.4 Å². The van der Waals surface area contributed by atoms with Gasteiger partial charge in [-0.25, -0.2) is 0 Å². The number of rotatable bonds is 0. The number of aromatic nitrogens is 1. The van der Waals surface area contributed by atoms with Crippen molar-refractivity contribution in [1.82, 2.24) is 0 Å². The molecular formula is C8H10NO+. The van der Waals surface area contributed by atoms with Crippen molar-refractivity contribution in [2.75, 3.05) is 6.61 Å². The van der Waals surface area contributed by atoms with E-state index < -0.39 is 0 Å². The highest BCUT2D eigenvalue weighted by atomic mass is 16.5. The molecule has 0 spiro atoms. The summed E-state index contributed by atoms with van der Waals surface area (Å²) in [5.74, 6) is 0. The van der Waals surface area contributed by atoms with Crippen LogP contribution in [0, 0.1) is 0 Å². The summed E-state index contributed by atoms with van der Waals surface area (Å²) in [7, 11) is 0. The average molecular weight is 136 g/mol. The van der Waals surface area contributed by atoms with E-state index in [1.54, 1.807) is 0 Å². The maximum absolute atomic E-state index is 5.28. The topological polar surface area (TPSA) is 13.1 Å². The van der Waals surface area contributed by atoms with Gasteiger partial charge in [-0.05, 0) is 0 Å². The second kappa shape index (κ2) is 2.39. The Morgan fingerprint density at radius 2 is 2.40 bits per heavy atom. The summed E-state index contributed by atoms with van der Waals surface area (Å²) in [4.78, 5) is 0. The van der Waals surface area contributed by atoms with Crippen LogP contribution in [0.25, 0.3) is 0 Å². The highest BCUT2D eigenvalue weighted by molar-refractivity contribution is 4.96. The third-order valence-electron chi connectivity index (χ3n) is 1.76. The molecule has 0 saturated carbocycles. The molecule has 2 nitrogen and oxygen atoms in total. The molecule has 1 aromatic heterocycles. The summed E-state index contributed by atoms with van der Waals surface area (Å²) in [5.41, 5.74) is 1.27. The summed E-state index contributed by atoms with van der Waals surface area (Å²) in [6, 6.07) is 6.19. The molecule has 2 heteroatoms. The van der Waals surface area contributed by atoms with Crippen LogP contribution >= 0.6 is 0 Å². The minimum atomic E-state index is 0.765. The second-order valence-corrected chi connectivity index (χ2v) is 2.44. The summed E-state index contributed by atoms with van der Waals surface area (Å²) in [6.07, 6.45) is 2.10. The fourth-order valence-corrected chi connectivity index (χ4v) is 1.20. The minimum absolute atomic E-state index is 0.765. The van der Waals surface area contributed by atoms with Crippen LogP contribution in [0.4, 0.5) is 0 Å². The number of nitrogens with zero attached hydrogens (tertiary/aromatic N) is 1. The van der Waals surface area contributed by atoms with Crippen molar-refractivity contribution in [1.29, 1.82) is 0 Å². The molecule has 0 fully saturated rings. The summed E-state index contributed by atoms with van der Waals surface area (Å²) in [5, 5.41) is 0. The third-order valence-corrected chi connectivity index (χ3v) is 1.76. The molecule has 0 N–H and O–H groups in total. The molecule has 0 saturated heterocycles. The van der Waals surface area contributed by atoms with Crippen LogP contribution in [0.2, 0.25) is 0 Å². The van der Waals surface area contributed by atoms with Gasteiger partial charge in [0.15, 0.2) is 12.7 Å². The van der Waals surface area contributed by atoms with Crippen LogP contribution in [0.1, 0.15) is 5.69 Å². The molecule has 52 valence electrons. The molecule has 0 amide bonds. The maximum Gasteiger partial charge on any atom is 0.207 e. The first-order chi connectivity index (χ1) is 4.97. The van der Waals surface area contributed by atoms with Crippen molar-refractivity contribution in [3.8, 4) is 0 Å². The third kappa shape index (κ3) is 0.907. The van der Waals surface area contributed by atoms with Crippen molar-refractivity contribution < 1.29 is 9.30 Å². The highest BCUT2D eigenvalue weighted by Gasteiger charge is 2.13. The zero-order chi connectivity index (χ0) is 6.81. The first kappa shape index (κ1) is 5.86. The Kier molecular flexibility index (Phi) is 1.40. The standard InChI is InChI=1S/C8H10NO/c1-2-4-9-5-6-10-7-8(9)3-1/h1-4H,5-7H2/q+1. The van der Waals surface area contributed by atoms with Crippen LogP contribution in [0.5, 0.6) is 0 Å². The molecule has 0 atom stereocenters. The average Bonchev–Trinajstić information content (AvgIpc) is 2.05. The van der Waals surface area contributed by atoms with Gasteiger partial charge in [0.05, 0.1) is 0 Å². The normalized spacial score (nSPS) is 16.4. The number of pyridine rings is 1. The Bertz CT molecular complexity index is 209. The molecule has 1 aromatic rings. The second-order valence-electron chi connectivity index (χ2n) is 2.44. The minimum Gasteiger partial charge on any atom is -0.364 e. The van der Waals surface area contributed by atoms with Crippen LogP contribution in [-0.4, -0.2) is 6.61 Å². The summed E-state index contributed by atoms with van der Waals surface area (Å²) >= 11 is 0. The van der Waals surface area contributed by atoms with E-state index in [4.69, 9.17) is 4.74 Å². The van der Waals surface area contributed by atoms with E-state index in [2.05, 4.69) is 22.9 Å². The van der Waals surface area contributed by atoms with E-state index in [1.807, 2.05) is 6.07 Å². The molecule has 0 aliphatic carbocycles. The molecule has 0 unspecified atom stereocenters. The molecule has 0 bridgehead atoms. The molecule has 2 heterocycles. The number of hydrogen-bond acceptors (Lipinski definition) is 1. The lowest BCUT2D eigenvalue weighted by atomic mass is 10.3. The molecule has 0 radical (unpaired) electrons. The fraction of sp³-hybridized carbons (Fsp3) is 0.375. The molecule has 1 aliphatic rings. The van der Waals surface area contributed by atoms with Crippen molar-refractivity contribution >= 4 is 0 Å². The predicted octanol–water partition coefficient (Wildman–Crippen LogP) is 0.504. The Labute approximate surface area is 60.1 Å². The summed E-state index contributed by atoms with van der Waals surface area (Å²) < 4.78 is 7.50. The van der Waals surface area contributed by atoms with Gasteiger partial charge in [0.1, 0.15) is 13.2 Å². The van der Waals surface area contributed by atoms with E-state index in [1.165, 1.54) is 5.69 Å². The number of fused-ring (bicyclic) bond motifs is 1. The molecule has 0 aromatic carbocycles. The SMILES string of the molecule is c1cc[n+]2c(c1)COCC2. The lowest BCUT2D eigenvalue weighted by Crippen LogP contribution is -2.43. The van der Waals surface area contributed by atoms with E-state index in [0.29, 0.717) is 0 Å². The predicted molar refractivity (Wildman–Crippen MR) is 36.3 cm³/mol. The van der Waals surface area contributed by atoms with Gasteiger partial charge in [0.25, 0.3) is 0 Å². The lowest BCUT2D eigenvalue weighted by molar-refractivity contribution is -0.716. The van der Waals surface area contributed by atoms with E-state index in [9.17, 15) is 0 Å². The Hall–Kier alpha value is -0.890. The van der Waals surface area contributed by atoms with Gasteiger partial charge >= 0.3 is 0 Å². The van der Waals surface area contributed by atoms with E-state index >= 15 is 0 Å². The van der Waals surface area contributed by atoms with Gasteiger partial charge in [-0.3, -0.25) is 0 Å². The monoisotopic (exact) mass is 136 g/mol. The Morgan fingerprint density at radius 3 is 3.30 bits per heavy atom. The zero-order valence-electron chi connectivity index (χ0n) is 5.79. The van der Waals surface area contributed by atoms with Gasteiger partial charge < -0.3 is 4.74 Å². The number of ether oxygens (including phenoxy) is 1. The van der Waals surface area contributed by atoms with Crippen LogP contribution in [-0.2, 0) is 17.9 Å². The Balaban J connectivity index is 2.41. The van der Waals surface area contributed by atoms with Crippen molar-refractivity contribution in [2.45, 2.75) is 13.2 Å². The number of hydrogen-bond donors (Lipinski definition) is 0. The van der Waals surface area contributed by atoms with E-state index in [0.717, 1.165) is 19.8 Å². The highest BCUT2D eigenvalue weighted by Crippen LogP contribution is 1.98. The van der Waals surface area contributed by atoms with Crippen molar-refractivity contribution in [3.05, 3.63) is 30.1 Å². The van der Waals surface area contributed by atoms with E-state index in [-0.39, 0.29) is 0 Å². The van der Waals surface area contributed by atoms with Gasteiger partial charge in [-0.1, -0.05) is 6.07 Å². The van der Waals surface area contributed by atoms with Gasteiger partial charge in [0.2, 0.25) is 5.69 Å². The first-order valence-corrected chi connectivity index (χ1v) is 3.52. The quantitative estimate of drug-likeness (QED) is 0.473. The van der Waals surface area contributed by atoms with Crippen LogP contribution in [0.3, 0.4) is 0 Å². The largest absolute Gasteiger partial charge is 0.364 e. The molecular weight excluding hydrogens is 126 g/mol. The molecule has 1 aliphatic heterocycles. The molecule has 10 heavy (non-hydrogen) atoms. The maximum atomic E-state index is 5.28. The molecule has 2 rings (SSSR count). The first-order valence-electron chi connectivity index (χ1n) is 3.52. The van der Waals surface area contributed by atoms with Crippen molar-refractivity contribution in [2.24, 2.45) is 0 Å². The smallest absolute Gasteiger partial charge is 0.207 e. The fourth-order valence-electron chi connectivity index (χ4n) is 1.20. The van der Waals surface area contributed by atoms with Crippen LogP contribution < -0.4 is 4.57 Å². The van der Waals surface area contributed by atoms with Crippen molar-refractivity contribution in [3.63, 3.8) is 0 Å². The Morgan fingerprint density at radius 1 is 1.40 bits per heavy atom. The lowest BCUT2D eigenvalue weighted by Gasteiger charge is -2.08. The van der Waals surface area contributed by atoms with Gasteiger partial charge in [-0.15, -0.1) is 0 Å². The summed E-state index contributed by atoms with van der Waals surface area (Å²) in [6.45, 7) is 2.61. The van der Waals surface area contributed by atoms with Gasteiger partial charge in [-0.2, -0.15) is 4.57 Å².